The van der Waals surface area contributed by atoms with Gasteiger partial charge < -0.3 is 24.7 Å². The number of alkyl carbamates (subject to hydrolysis) is 1. The molecule has 48 heavy (non-hydrogen) atoms. The lowest BCUT2D eigenvalue weighted by Crippen LogP contribution is -2.51. The van der Waals surface area contributed by atoms with Crippen molar-refractivity contribution >= 4 is 45.8 Å². The van der Waals surface area contributed by atoms with E-state index in [1.807, 2.05) is 48.4 Å². The standard InChI is InChI=1S/C37H38ClN5O4S/c1-19(2)33(41-37(45)46-4)35(44)42-13-5-6-27(42)34-39-18-25(40-34)22-14-20(3)32-28-16-23-15-24(38)9-10-26(23)43(28)36(47-29(32)17-22)31-12-11-30(48-31)21-7-8-21/h9-12,14-19,21,27,33,36H,5-8,13H2,1-4H3,(H,39,40)(H,41,45)/t27-,33-,36?/m0/s1. The number of likely N-dealkylation sites (tertiary alicyclic amines) is 1. The zero-order valence-electron chi connectivity index (χ0n) is 27.4. The number of ether oxygens (including phenoxy) is 2. The number of benzene rings is 2. The Morgan fingerprint density at radius 2 is 1.92 bits per heavy atom. The third-order valence-corrected chi connectivity index (χ3v) is 11.4. The smallest absolute Gasteiger partial charge is 0.407 e. The topological polar surface area (TPSA) is 101 Å². The Bertz CT molecular complexity index is 2060. The molecule has 248 valence electrons. The number of aromatic amines is 1. The van der Waals surface area contributed by atoms with Crippen molar-refractivity contribution in [2.45, 2.75) is 70.7 Å². The molecule has 1 aliphatic carbocycles. The first-order chi connectivity index (χ1) is 23.2. The molecule has 0 radical (unpaired) electrons. The van der Waals surface area contributed by atoms with Gasteiger partial charge in [0.25, 0.3) is 0 Å². The van der Waals surface area contributed by atoms with Crippen molar-refractivity contribution in [1.29, 1.82) is 0 Å². The lowest BCUT2D eigenvalue weighted by atomic mass is 9.98. The Morgan fingerprint density at radius 1 is 1.10 bits per heavy atom. The highest BCUT2D eigenvalue weighted by molar-refractivity contribution is 7.12. The molecule has 1 saturated carbocycles. The van der Waals surface area contributed by atoms with Gasteiger partial charge in [-0.3, -0.25) is 9.36 Å². The van der Waals surface area contributed by atoms with Crippen LogP contribution in [-0.4, -0.2) is 51.1 Å². The molecule has 9 nitrogen and oxygen atoms in total. The van der Waals surface area contributed by atoms with Crippen LogP contribution < -0.4 is 10.1 Å². The van der Waals surface area contributed by atoms with Crippen molar-refractivity contribution in [3.63, 3.8) is 0 Å². The van der Waals surface area contributed by atoms with Gasteiger partial charge in [0.05, 0.1) is 41.1 Å². The van der Waals surface area contributed by atoms with Gasteiger partial charge in [0.1, 0.15) is 17.6 Å². The summed E-state index contributed by atoms with van der Waals surface area (Å²) >= 11 is 8.29. The number of halogens is 1. The van der Waals surface area contributed by atoms with Crippen molar-refractivity contribution in [2.75, 3.05) is 13.7 Å². The first kappa shape index (κ1) is 31.0. The normalized spacial score (nSPS) is 19.2. The summed E-state index contributed by atoms with van der Waals surface area (Å²) in [4.78, 5) is 38.4. The number of carbonyl (C=O) groups excluding carboxylic acids is 2. The van der Waals surface area contributed by atoms with Gasteiger partial charge in [0.2, 0.25) is 12.1 Å². The molecule has 3 aliphatic rings. The van der Waals surface area contributed by atoms with Gasteiger partial charge in [-0.2, -0.15) is 0 Å². The SMILES string of the molecule is COC(=O)N[C@H](C(=O)N1CCC[C@H]1c1ncc(-c2cc(C)c3c(c2)OC(c2ccc(C4CC4)s2)n2c-3cc3cc(Cl)ccc32)[nH]1)C(C)C. The maximum Gasteiger partial charge on any atom is 0.407 e. The highest BCUT2D eigenvalue weighted by Gasteiger charge is 2.38. The minimum Gasteiger partial charge on any atom is -0.464 e. The Balaban J connectivity index is 1.14. The van der Waals surface area contributed by atoms with E-state index in [9.17, 15) is 9.59 Å². The van der Waals surface area contributed by atoms with Gasteiger partial charge in [0, 0.05) is 33.0 Å². The number of nitrogens with one attached hydrogen (secondary N) is 2. The summed E-state index contributed by atoms with van der Waals surface area (Å²) in [5, 5.41) is 4.51. The number of hydrogen-bond acceptors (Lipinski definition) is 6. The maximum atomic E-state index is 13.7. The summed E-state index contributed by atoms with van der Waals surface area (Å²) in [7, 11) is 1.30. The number of methoxy groups -OCH3 is 1. The van der Waals surface area contributed by atoms with Crippen molar-refractivity contribution in [2.24, 2.45) is 5.92 Å². The van der Waals surface area contributed by atoms with E-state index in [-0.39, 0.29) is 24.1 Å². The van der Waals surface area contributed by atoms with Crippen LogP contribution in [0.4, 0.5) is 4.79 Å². The molecule has 2 amide bonds. The number of thiophene rings is 1. The highest BCUT2D eigenvalue weighted by atomic mass is 35.5. The second-order valence-corrected chi connectivity index (χ2v) is 15.1. The lowest BCUT2D eigenvalue weighted by Gasteiger charge is -2.31. The Kier molecular flexibility index (Phi) is 7.75. The van der Waals surface area contributed by atoms with Crippen LogP contribution in [0.25, 0.3) is 33.4 Å². The predicted octanol–water partition coefficient (Wildman–Crippen LogP) is 8.58. The van der Waals surface area contributed by atoms with E-state index in [1.165, 1.54) is 29.7 Å². The fraction of sp³-hybridized carbons (Fsp3) is 0.378. The number of imidazole rings is 1. The average molecular weight is 684 g/mol. The molecule has 1 saturated heterocycles. The van der Waals surface area contributed by atoms with Crippen LogP contribution in [-0.2, 0) is 9.53 Å². The number of aromatic nitrogens is 3. The summed E-state index contributed by atoms with van der Waals surface area (Å²) in [6.07, 6.45) is 5.08. The van der Waals surface area contributed by atoms with E-state index in [0.29, 0.717) is 17.5 Å². The first-order valence-electron chi connectivity index (χ1n) is 16.6. The molecule has 5 heterocycles. The van der Waals surface area contributed by atoms with Crippen LogP contribution in [0.2, 0.25) is 5.02 Å². The van der Waals surface area contributed by atoms with E-state index in [0.717, 1.165) is 63.4 Å². The molecule has 2 fully saturated rings. The van der Waals surface area contributed by atoms with Crippen molar-refractivity contribution in [3.8, 4) is 28.3 Å². The van der Waals surface area contributed by atoms with Gasteiger partial charge in [-0.25, -0.2) is 9.78 Å². The number of H-pyrrole nitrogens is 1. The minimum atomic E-state index is -0.684. The van der Waals surface area contributed by atoms with Gasteiger partial charge >= 0.3 is 6.09 Å². The second-order valence-electron chi connectivity index (χ2n) is 13.5. The third-order valence-electron chi connectivity index (χ3n) is 9.85. The van der Waals surface area contributed by atoms with E-state index >= 15 is 0 Å². The number of amides is 2. The van der Waals surface area contributed by atoms with E-state index in [2.05, 4.69) is 58.2 Å². The van der Waals surface area contributed by atoms with Crippen molar-refractivity contribution in [3.05, 3.63) is 80.9 Å². The number of nitrogens with zero attached hydrogens (tertiary/aromatic N) is 3. The second kappa shape index (κ2) is 12.0. The molecule has 3 aromatic heterocycles. The van der Waals surface area contributed by atoms with Crippen molar-refractivity contribution in [1.82, 2.24) is 24.8 Å². The van der Waals surface area contributed by atoms with Crippen LogP contribution in [0.3, 0.4) is 0 Å². The van der Waals surface area contributed by atoms with Crippen LogP contribution in [0.15, 0.2) is 54.7 Å². The first-order valence-corrected chi connectivity index (χ1v) is 17.8. The minimum absolute atomic E-state index is 0.0996. The number of fused-ring (bicyclic) bond motifs is 5. The molecule has 0 spiro atoms. The lowest BCUT2D eigenvalue weighted by molar-refractivity contribution is -0.135. The molecule has 0 bridgehead atoms. The van der Waals surface area contributed by atoms with E-state index in [4.69, 9.17) is 26.1 Å². The summed E-state index contributed by atoms with van der Waals surface area (Å²) in [5.74, 6) is 2.00. The molecule has 2 aliphatic heterocycles. The van der Waals surface area contributed by atoms with Gasteiger partial charge in [-0.05, 0) is 98.5 Å². The zero-order valence-corrected chi connectivity index (χ0v) is 29.0. The molecule has 11 heteroatoms. The molecule has 1 unspecified atom stereocenters. The maximum absolute atomic E-state index is 13.7. The summed E-state index contributed by atoms with van der Waals surface area (Å²) in [6.45, 7) is 6.55. The molecule has 5 aromatic rings. The van der Waals surface area contributed by atoms with Gasteiger partial charge in [-0.15, -0.1) is 11.3 Å². The fourth-order valence-corrected chi connectivity index (χ4v) is 8.66. The largest absolute Gasteiger partial charge is 0.464 e. The van der Waals surface area contributed by atoms with Crippen LogP contribution in [0.5, 0.6) is 5.75 Å². The highest BCUT2D eigenvalue weighted by Crippen LogP contribution is 2.50. The van der Waals surface area contributed by atoms with Gasteiger partial charge in [-0.1, -0.05) is 25.4 Å². The van der Waals surface area contributed by atoms with E-state index in [1.54, 1.807) is 0 Å². The van der Waals surface area contributed by atoms with Crippen molar-refractivity contribution < 1.29 is 19.1 Å². The van der Waals surface area contributed by atoms with Gasteiger partial charge in [0.15, 0.2) is 0 Å². The summed E-state index contributed by atoms with van der Waals surface area (Å²) in [6, 6.07) is 16.1. The molecular formula is C37H38ClN5O4S. The number of hydrogen-bond donors (Lipinski definition) is 2. The summed E-state index contributed by atoms with van der Waals surface area (Å²) in [5.41, 5.74) is 6.16. The third kappa shape index (κ3) is 5.35. The Hall–Kier alpha value is -4.28. The predicted molar refractivity (Wildman–Crippen MR) is 188 cm³/mol. The quantitative estimate of drug-likeness (QED) is 0.179. The fourth-order valence-electron chi connectivity index (χ4n) is 7.28. The molecule has 8 rings (SSSR count). The van der Waals surface area contributed by atoms with Crippen LogP contribution in [0.1, 0.15) is 78.9 Å². The molecule has 2 aromatic carbocycles. The Morgan fingerprint density at radius 3 is 2.69 bits per heavy atom. The number of carbonyl (C=O) groups is 2. The van der Waals surface area contributed by atoms with Crippen LogP contribution in [0, 0.1) is 12.8 Å². The zero-order chi connectivity index (χ0) is 33.3. The average Bonchev–Trinajstić information content (AvgIpc) is 3.47. The number of aryl methyl sites for hydroxylation is 1. The Labute approximate surface area is 288 Å². The number of rotatable bonds is 7. The monoisotopic (exact) mass is 683 g/mol. The summed E-state index contributed by atoms with van der Waals surface area (Å²) < 4.78 is 14.0. The molecular weight excluding hydrogens is 646 g/mol. The van der Waals surface area contributed by atoms with Crippen LogP contribution >= 0.6 is 22.9 Å². The van der Waals surface area contributed by atoms with E-state index < -0.39 is 12.1 Å². The molecule has 3 atom stereocenters. The molecule has 2 N–H and O–H groups in total.